The molecular formula is C17H23N3O. The molecule has 0 amide bonds. The highest BCUT2D eigenvalue weighted by atomic mass is 16.5. The van der Waals surface area contributed by atoms with Crippen LogP contribution in [0.4, 0.5) is 0 Å². The number of aromatic nitrogens is 1. The first kappa shape index (κ1) is 14.1. The molecule has 2 aromatic rings. The summed E-state index contributed by atoms with van der Waals surface area (Å²) < 4.78 is 7.47. The molecule has 2 aromatic heterocycles. The maximum atomic E-state index is 5.32. The first-order valence-electron chi connectivity index (χ1n) is 7.72. The molecule has 1 atom stereocenters. The van der Waals surface area contributed by atoms with Crippen LogP contribution >= 0.6 is 0 Å². The van der Waals surface area contributed by atoms with Crippen LogP contribution in [-0.2, 0) is 4.74 Å². The molecule has 3 heterocycles. The van der Waals surface area contributed by atoms with Gasteiger partial charge in [0.1, 0.15) is 0 Å². The molecule has 0 N–H and O–H groups in total. The van der Waals surface area contributed by atoms with Gasteiger partial charge >= 0.3 is 0 Å². The van der Waals surface area contributed by atoms with E-state index in [2.05, 4.69) is 53.0 Å². The molecule has 0 bridgehead atoms. The number of ether oxygens (including phenoxy) is 1. The summed E-state index contributed by atoms with van der Waals surface area (Å²) in [6, 6.07) is 8.87. The Balaban J connectivity index is 1.92. The number of hydrazone groups is 1. The third-order valence-corrected chi connectivity index (χ3v) is 4.17. The van der Waals surface area contributed by atoms with Crippen LogP contribution in [-0.4, -0.2) is 41.4 Å². The summed E-state index contributed by atoms with van der Waals surface area (Å²) in [6.45, 7) is 3.97. The smallest absolute Gasteiger partial charge is 0.0704 e. The SMILES string of the molecule is CC/C(=N\N1CCC[C@H]1COC)c1ccn2ccccc12. The summed E-state index contributed by atoms with van der Waals surface area (Å²) in [6.07, 6.45) is 7.49. The van der Waals surface area contributed by atoms with E-state index in [1.807, 2.05) is 0 Å². The molecule has 0 spiro atoms. The van der Waals surface area contributed by atoms with Gasteiger partial charge in [0.2, 0.25) is 0 Å². The Kier molecular flexibility index (Phi) is 4.25. The van der Waals surface area contributed by atoms with Crippen molar-refractivity contribution in [2.24, 2.45) is 5.10 Å². The number of pyridine rings is 1. The molecule has 3 rings (SSSR count). The molecule has 0 saturated carbocycles. The average molecular weight is 285 g/mol. The summed E-state index contributed by atoms with van der Waals surface area (Å²) in [4.78, 5) is 0. The fourth-order valence-electron chi connectivity index (χ4n) is 3.08. The number of rotatable bonds is 5. The average Bonchev–Trinajstić information content (AvgIpc) is 3.12. The predicted molar refractivity (Wildman–Crippen MR) is 85.8 cm³/mol. The van der Waals surface area contributed by atoms with Gasteiger partial charge in [-0.25, -0.2) is 0 Å². The lowest BCUT2D eigenvalue weighted by atomic mass is 10.1. The van der Waals surface area contributed by atoms with Gasteiger partial charge in [-0.15, -0.1) is 0 Å². The maximum Gasteiger partial charge on any atom is 0.0704 e. The Morgan fingerprint density at radius 2 is 2.24 bits per heavy atom. The number of hydrogen-bond acceptors (Lipinski definition) is 3. The second-order valence-corrected chi connectivity index (χ2v) is 5.54. The fourth-order valence-corrected chi connectivity index (χ4v) is 3.08. The highest BCUT2D eigenvalue weighted by Crippen LogP contribution is 2.21. The third kappa shape index (κ3) is 2.81. The molecule has 21 heavy (non-hydrogen) atoms. The molecule has 4 nitrogen and oxygen atoms in total. The monoisotopic (exact) mass is 285 g/mol. The van der Waals surface area contributed by atoms with E-state index in [0.717, 1.165) is 25.3 Å². The molecule has 1 fully saturated rings. The second kappa shape index (κ2) is 6.31. The van der Waals surface area contributed by atoms with Crippen LogP contribution in [0.5, 0.6) is 0 Å². The van der Waals surface area contributed by atoms with Crippen LogP contribution in [0.1, 0.15) is 31.7 Å². The Hall–Kier alpha value is -1.81. The molecule has 0 aromatic carbocycles. The zero-order chi connectivity index (χ0) is 14.7. The standard InChI is InChI=1S/C17H23N3O/c1-3-16(18-20-11-6-7-14(20)13-21-2)15-9-12-19-10-5-4-8-17(15)19/h4-5,8-10,12,14H,3,6-7,11,13H2,1-2H3/b18-16+/t14-/m0/s1. The van der Waals surface area contributed by atoms with Gasteiger partial charge < -0.3 is 9.14 Å². The number of nitrogens with zero attached hydrogens (tertiary/aromatic N) is 3. The van der Waals surface area contributed by atoms with E-state index in [-0.39, 0.29) is 0 Å². The van der Waals surface area contributed by atoms with Crippen molar-refractivity contribution in [2.75, 3.05) is 20.3 Å². The quantitative estimate of drug-likeness (QED) is 0.790. The lowest BCUT2D eigenvalue weighted by Crippen LogP contribution is -2.29. The minimum absolute atomic E-state index is 0.422. The van der Waals surface area contributed by atoms with E-state index in [9.17, 15) is 0 Å². The van der Waals surface area contributed by atoms with Crippen LogP contribution in [0.3, 0.4) is 0 Å². The summed E-state index contributed by atoms with van der Waals surface area (Å²) in [5.74, 6) is 0. The topological polar surface area (TPSA) is 29.2 Å². The Bertz CT molecular complexity index is 632. The number of fused-ring (bicyclic) bond motifs is 1. The first-order chi connectivity index (χ1) is 10.3. The van der Waals surface area contributed by atoms with Crippen molar-refractivity contribution in [3.63, 3.8) is 0 Å². The van der Waals surface area contributed by atoms with E-state index < -0.39 is 0 Å². The highest BCUT2D eigenvalue weighted by molar-refractivity contribution is 6.06. The Morgan fingerprint density at radius 3 is 3.05 bits per heavy atom. The summed E-state index contributed by atoms with van der Waals surface area (Å²) in [7, 11) is 1.77. The van der Waals surface area contributed by atoms with Gasteiger partial charge in [-0.05, 0) is 37.5 Å². The predicted octanol–water partition coefficient (Wildman–Crippen LogP) is 3.16. The van der Waals surface area contributed by atoms with Gasteiger partial charge in [-0.2, -0.15) is 5.10 Å². The largest absolute Gasteiger partial charge is 0.382 e. The van der Waals surface area contributed by atoms with Crippen LogP contribution in [0.25, 0.3) is 5.52 Å². The van der Waals surface area contributed by atoms with E-state index in [1.54, 1.807) is 7.11 Å². The Labute approximate surface area is 126 Å². The summed E-state index contributed by atoms with van der Waals surface area (Å²) in [5, 5.41) is 7.16. The van der Waals surface area contributed by atoms with Gasteiger partial charge in [0.15, 0.2) is 0 Å². The van der Waals surface area contributed by atoms with Crippen molar-refractivity contribution in [3.05, 3.63) is 42.2 Å². The number of hydrogen-bond donors (Lipinski definition) is 0. The van der Waals surface area contributed by atoms with Gasteiger partial charge in [-0.3, -0.25) is 5.01 Å². The zero-order valence-electron chi connectivity index (χ0n) is 12.8. The molecule has 0 radical (unpaired) electrons. The van der Waals surface area contributed by atoms with Crippen molar-refractivity contribution in [1.29, 1.82) is 0 Å². The number of methoxy groups -OCH3 is 1. The first-order valence-corrected chi connectivity index (χ1v) is 7.72. The minimum Gasteiger partial charge on any atom is -0.382 e. The molecule has 1 saturated heterocycles. The van der Waals surface area contributed by atoms with Crippen LogP contribution in [0, 0.1) is 0 Å². The molecule has 4 heteroatoms. The molecule has 1 aliphatic heterocycles. The molecule has 0 aliphatic carbocycles. The van der Waals surface area contributed by atoms with Crippen LogP contribution in [0.2, 0.25) is 0 Å². The fraction of sp³-hybridized carbons (Fsp3) is 0.471. The summed E-state index contributed by atoms with van der Waals surface area (Å²) >= 11 is 0. The van der Waals surface area contributed by atoms with Crippen LogP contribution in [0.15, 0.2) is 41.8 Å². The normalized spacial score (nSPS) is 19.6. The van der Waals surface area contributed by atoms with Gasteiger partial charge in [0, 0.05) is 31.6 Å². The van der Waals surface area contributed by atoms with Gasteiger partial charge in [0.25, 0.3) is 0 Å². The zero-order valence-corrected chi connectivity index (χ0v) is 12.8. The molecular weight excluding hydrogens is 262 g/mol. The Morgan fingerprint density at radius 1 is 1.33 bits per heavy atom. The van der Waals surface area contributed by atoms with Crippen molar-refractivity contribution >= 4 is 11.2 Å². The van der Waals surface area contributed by atoms with Gasteiger partial charge in [0.05, 0.1) is 23.9 Å². The lowest BCUT2D eigenvalue weighted by molar-refractivity contribution is 0.118. The van der Waals surface area contributed by atoms with E-state index in [4.69, 9.17) is 9.84 Å². The van der Waals surface area contributed by atoms with Gasteiger partial charge in [-0.1, -0.05) is 13.0 Å². The van der Waals surface area contributed by atoms with Crippen molar-refractivity contribution < 1.29 is 4.74 Å². The molecule has 0 unspecified atom stereocenters. The molecule has 1 aliphatic rings. The lowest BCUT2D eigenvalue weighted by Gasteiger charge is -2.22. The molecule has 112 valence electrons. The van der Waals surface area contributed by atoms with Crippen LogP contribution < -0.4 is 0 Å². The summed E-state index contributed by atoms with van der Waals surface area (Å²) in [5.41, 5.74) is 3.62. The van der Waals surface area contributed by atoms with Crippen molar-refractivity contribution in [2.45, 2.75) is 32.2 Å². The van der Waals surface area contributed by atoms with E-state index in [1.165, 1.54) is 23.9 Å². The maximum absolute atomic E-state index is 5.32. The highest BCUT2D eigenvalue weighted by Gasteiger charge is 2.23. The van der Waals surface area contributed by atoms with E-state index in [0.29, 0.717) is 6.04 Å². The van der Waals surface area contributed by atoms with E-state index >= 15 is 0 Å². The minimum atomic E-state index is 0.422. The van der Waals surface area contributed by atoms with Crippen molar-refractivity contribution in [1.82, 2.24) is 9.41 Å². The third-order valence-electron chi connectivity index (χ3n) is 4.17. The van der Waals surface area contributed by atoms with Crippen molar-refractivity contribution in [3.8, 4) is 0 Å². The second-order valence-electron chi connectivity index (χ2n) is 5.54.